The summed E-state index contributed by atoms with van der Waals surface area (Å²) in [4.78, 5) is 0. The molecule has 0 unspecified atom stereocenters. The number of hydrogen-bond donors (Lipinski definition) is 1. The molecule has 3 aliphatic rings. The molecule has 0 amide bonds. The van der Waals surface area contributed by atoms with Crippen molar-refractivity contribution in [3.8, 4) is 0 Å². The minimum Gasteiger partial charge on any atom is -0.474 e. The summed E-state index contributed by atoms with van der Waals surface area (Å²) in [6.45, 7) is 11.9. The van der Waals surface area contributed by atoms with Crippen molar-refractivity contribution < 1.29 is 5.32 Å². The minimum atomic E-state index is 0.350. The monoisotopic (exact) mass is 301 g/mol. The third-order valence-corrected chi connectivity index (χ3v) is 7.31. The summed E-state index contributed by atoms with van der Waals surface area (Å²) in [6.07, 6.45) is 10.6. The Morgan fingerprint density at radius 3 is 2.77 bits per heavy atom. The maximum Gasteiger partial charge on any atom is 0.0729 e. The average Bonchev–Trinajstić information content (AvgIpc) is 2.45. The molecule has 0 aliphatic heterocycles. The molecule has 2 N–H and O–H groups in total. The van der Waals surface area contributed by atoms with Crippen LogP contribution in [0, 0.1) is 42.6 Å². The van der Waals surface area contributed by atoms with Gasteiger partial charge in [-0.15, -0.1) is 0 Å². The summed E-state index contributed by atoms with van der Waals surface area (Å²) in [5, 5.41) is 2.29. The molecular weight excluding hydrogens is 266 g/mol. The highest BCUT2D eigenvalue weighted by Gasteiger charge is 2.55. The Labute approximate surface area is 137 Å². The molecule has 0 spiro atoms. The van der Waals surface area contributed by atoms with E-state index in [1.807, 2.05) is 0 Å². The van der Waals surface area contributed by atoms with Crippen LogP contribution < -0.4 is 5.32 Å². The molecule has 124 valence electrons. The van der Waals surface area contributed by atoms with Crippen LogP contribution in [0.3, 0.4) is 0 Å². The van der Waals surface area contributed by atoms with Crippen molar-refractivity contribution in [2.75, 3.05) is 0 Å². The number of nitrogens with two attached hydrogens (primary N) is 1. The van der Waals surface area contributed by atoms with E-state index in [9.17, 15) is 0 Å². The van der Waals surface area contributed by atoms with E-state index in [1.165, 1.54) is 31.3 Å². The summed E-state index contributed by atoms with van der Waals surface area (Å²) < 4.78 is 0. The summed E-state index contributed by atoms with van der Waals surface area (Å²) in [7, 11) is 4.21. The maximum atomic E-state index is 4.21. The molecule has 3 aliphatic carbocycles. The van der Waals surface area contributed by atoms with Crippen molar-refractivity contribution in [1.29, 1.82) is 0 Å². The predicted molar refractivity (Wildman–Crippen MR) is 94.0 cm³/mol. The standard InChI is InChI=1S/C21H35N/c1-13(2)11-16-12-15(4)17-9-10-21(5,22-6)18-8-7-14(3)19(16)20(17)18/h7,11,15-20H,6,8-10,12,22H2,1-5H3/t15-,16-,17+,18-,19-,20+,21-/m1/s1. The SMILES string of the molecule is [CH2-][NH2+][C@]1(C)CC[C@@H]2[C@@H]3[C@H](C(C)=CC[C@H]31)[C@H](C=C(C)C)C[C@H]2C. The van der Waals surface area contributed by atoms with Gasteiger partial charge in [0.2, 0.25) is 0 Å². The summed E-state index contributed by atoms with van der Waals surface area (Å²) >= 11 is 0. The van der Waals surface area contributed by atoms with Crippen LogP contribution in [0.1, 0.15) is 60.3 Å². The van der Waals surface area contributed by atoms with E-state index in [1.54, 1.807) is 5.57 Å². The number of allylic oxidation sites excluding steroid dienone is 4. The Kier molecular flexibility index (Phi) is 4.31. The van der Waals surface area contributed by atoms with Crippen molar-refractivity contribution in [2.24, 2.45) is 35.5 Å². The van der Waals surface area contributed by atoms with Crippen molar-refractivity contribution in [3.05, 3.63) is 30.3 Å². The lowest BCUT2D eigenvalue weighted by Gasteiger charge is -2.59. The van der Waals surface area contributed by atoms with E-state index >= 15 is 0 Å². The first-order valence-corrected chi connectivity index (χ1v) is 9.32. The van der Waals surface area contributed by atoms with E-state index < -0.39 is 0 Å². The molecule has 1 nitrogen and oxygen atoms in total. The summed E-state index contributed by atoms with van der Waals surface area (Å²) in [5.74, 6) is 5.05. The Morgan fingerprint density at radius 2 is 2.14 bits per heavy atom. The first kappa shape index (κ1) is 16.3. The molecule has 2 saturated carbocycles. The smallest absolute Gasteiger partial charge is 0.0729 e. The Balaban J connectivity index is 2.02. The first-order chi connectivity index (χ1) is 10.4. The molecule has 7 atom stereocenters. The van der Waals surface area contributed by atoms with E-state index in [-0.39, 0.29) is 0 Å². The van der Waals surface area contributed by atoms with Crippen molar-refractivity contribution in [1.82, 2.24) is 0 Å². The van der Waals surface area contributed by atoms with Gasteiger partial charge in [-0.1, -0.05) is 30.2 Å². The van der Waals surface area contributed by atoms with Gasteiger partial charge >= 0.3 is 0 Å². The average molecular weight is 302 g/mol. The van der Waals surface area contributed by atoms with Crippen LogP contribution >= 0.6 is 0 Å². The Hall–Kier alpha value is -0.560. The molecule has 0 radical (unpaired) electrons. The molecule has 0 aromatic rings. The lowest BCUT2D eigenvalue weighted by molar-refractivity contribution is -0.687. The van der Waals surface area contributed by atoms with Crippen molar-refractivity contribution in [2.45, 2.75) is 65.8 Å². The number of hydrogen-bond acceptors (Lipinski definition) is 0. The lowest BCUT2D eigenvalue weighted by Crippen LogP contribution is -2.94. The molecule has 1 heteroatoms. The van der Waals surface area contributed by atoms with Crippen LogP contribution in [0.2, 0.25) is 0 Å². The Bertz CT molecular complexity index is 484. The van der Waals surface area contributed by atoms with Crippen LogP contribution in [0.15, 0.2) is 23.3 Å². The highest BCUT2D eigenvalue weighted by atomic mass is 15.0. The number of rotatable bonds is 2. The van der Waals surface area contributed by atoms with E-state index in [0.29, 0.717) is 5.54 Å². The van der Waals surface area contributed by atoms with Gasteiger partial charge in [0.25, 0.3) is 0 Å². The molecule has 0 heterocycles. The molecule has 22 heavy (non-hydrogen) atoms. The molecule has 0 aromatic carbocycles. The molecule has 2 fully saturated rings. The minimum absolute atomic E-state index is 0.350. The van der Waals surface area contributed by atoms with Crippen LogP contribution in [0.25, 0.3) is 0 Å². The quantitative estimate of drug-likeness (QED) is 0.577. The van der Waals surface area contributed by atoms with Gasteiger partial charge in [0.05, 0.1) is 5.54 Å². The lowest BCUT2D eigenvalue weighted by atomic mass is 9.47. The zero-order valence-corrected chi connectivity index (χ0v) is 15.2. The van der Waals surface area contributed by atoms with Gasteiger partial charge in [-0.2, -0.15) is 7.05 Å². The van der Waals surface area contributed by atoms with Gasteiger partial charge in [0.1, 0.15) is 0 Å². The largest absolute Gasteiger partial charge is 0.474 e. The highest BCUT2D eigenvalue weighted by molar-refractivity contribution is 5.22. The second-order valence-corrected chi connectivity index (χ2v) is 8.93. The maximum absolute atomic E-state index is 4.21. The second-order valence-electron chi connectivity index (χ2n) is 8.93. The summed E-state index contributed by atoms with van der Waals surface area (Å²) in [5.41, 5.74) is 3.52. The second kappa shape index (κ2) is 5.82. The third-order valence-electron chi connectivity index (χ3n) is 7.31. The van der Waals surface area contributed by atoms with E-state index in [2.05, 4.69) is 59.1 Å². The normalized spacial score (nSPS) is 47.5. The van der Waals surface area contributed by atoms with Crippen molar-refractivity contribution in [3.63, 3.8) is 0 Å². The fourth-order valence-electron chi connectivity index (χ4n) is 6.18. The van der Waals surface area contributed by atoms with Crippen LogP contribution in [-0.2, 0) is 0 Å². The van der Waals surface area contributed by atoms with Crippen LogP contribution in [0.5, 0.6) is 0 Å². The highest BCUT2D eigenvalue weighted by Crippen LogP contribution is 2.58. The number of quaternary nitrogens is 1. The molecule has 0 saturated heterocycles. The first-order valence-electron chi connectivity index (χ1n) is 9.32. The molecule has 0 aromatic heterocycles. The van der Waals surface area contributed by atoms with Gasteiger partial charge < -0.3 is 5.32 Å². The third kappa shape index (κ3) is 2.50. The van der Waals surface area contributed by atoms with Gasteiger partial charge in [0, 0.05) is 12.3 Å². The molecule has 0 bridgehead atoms. The van der Waals surface area contributed by atoms with E-state index in [4.69, 9.17) is 0 Å². The molecular formula is C21H35N. The molecule has 3 rings (SSSR count). The fourth-order valence-corrected chi connectivity index (χ4v) is 6.18. The van der Waals surface area contributed by atoms with Gasteiger partial charge in [-0.05, 0) is 76.5 Å². The van der Waals surface area contributed by atoms with Gasteiger partial charge in [-0.3, -0.25) is 0 Å². The van der Waals surface area contributed by atoms with Crippen molar-refractivity contribution >= 4 is 0 Å². The topological polar surface area (TPSA) is 16.6 Å². The van der Waals surface area contributed by atoms with Crippen LogP contribution in [0.4, 0.5) is 0 Å². The van der Waals surface area contributed by atoms with Crippen LogP contribution in [-0.4, -0.2) is 5.54 Å². The predicted octanol–water partition coefficient (Wildman–Crippen LogP) is 4.33. The Morgan fingerprint density at radius 1 is 1.41 bits per heavy atom. The fraction of sp³-hybridized carbons (Fsp3) is 0.762. The van der Waals surface area contributed by atoms with E-state index in [0.717, 1.165) is 35.5 Å². The summed E-state index contributed by atoms with van der Waals surface area (Å²) in [6, 6.07) is 0. The van der Waals surface area contributed by atoms with Gasteiger partial charge in [0.15, 0.2) is 0 Å². The zero-order valence-electron chi connectivity index (χ0n) is 15.2. The zero-order chi connectivity index (χ0) is 16.1. The van der Waals surface area contributed by atoms with Gasteiger partial charge in [-0.25, -0.2) is 0 Å².